The molecule has 0 saturated heterocycles. The number of primary amides is 1. The summed E-state index contributed by atoms with van der Waals surface area (Å²) in [7, 11) is 1.28. The zero-order valence-corrected chi connectivity index (χ0v) is 26.2. The fourth-order valence-corrected chi connectivity index (χ4v) is 5.64. The van der Waals surface area contributed by atoms with E-state index in [0.29, 0.717) is 5.56 Å². The lowest BCUT2D eigenvalue weighted by Crippen LogP contribution is -2.58. The Hall–Kier alpha value is -5.76. The first-order valence-corrected chi connectivity index (χ1v) is 15.2. The molecule has 48 heavy (non-hydrogen) atoms. The third-order valence-corrected chi connectivity index (χ3v) is 8.16. The predicted molar refractivity (Wildman–Crippen MR) is 176 cm³/mol. The molecule has 1 aromatic heterocycles. The molecule has 0 saturated carbocycles. The molecule has 0 aliphatic rings. The molecule has 0 bridgehead atoms. The number of likely N-dealkylation sites (N-methyl/N-ethyl adjacent to an activating group) is 1. The van der Waals surface area contributed by atoms with Gasteiger partial charge in [0.25, 0.3) is 0 Å². The zero-order valence-electron chi connectivity index (χ0n) is 26.2. The number of para-hydroxylation sites is 1. The van der Waals surface area contributed by atoms with Crippen molar-refractivity contribution in [3.05, 3.63) is 84.1 Å². The first-order chi connectivity index (χ1) is 22.8. The quantitative estimate of drug-likeness (QED) is 0.0909. The summed E-state index contributed by atoms with van der Waals surface area (Å²) in [6, 6.07) is 14.8. The van der Waals surface area contributed by atoms with E-state index >= 15 is 0 Å². The van der Waals surface area contributed by atoms with Crippen LogP contribution in [0, 0.1) is 0 Å². The summed E-state index contributed by atoms with van der Waals surface area (Å²) in [5.41, 5.74) is 14.2. The van der Waals surface area contributed by atoms with Crippen LogP contribution >= 0.6 is 0 Å². The number of carbonyl (C=O) groups is 6. The summed E-state index contributed by atoms with van der Waals surface area (Å²) < 4.78 is 0. The van der Waals surface area contributed by atoms with E-state index in [1.807, 2.05) is 54.6 Å². The van der Waals surface area contributed by atoms with Crippen LogP contribution in [-0.4, -0.2) is 86.9 Å². The van der Waals surface area contributed by atoms with E-state index in [9.17, 15) is 39.0 Å². The van der Waals surface area contributed by atoms with Gasteiger partial charge in [0.05, 0.1) is 12.5 Å². The van der Waals surface area contributed by atoms with E-state index in [4.69, 9.17) is 11.5 Å². The largest absolute Gasteiger partial charge is 0.481 e. The molecule has 9 N–H and O–H groups in total. The van der Waals surface area contributed by atoms with E-state index in [2.05, 4.69) is 15.6 Å². The van der Waals surface area contributed by atoms with E-state index in [1.165, 1.54) is 7.05 Å². The number of carbonyl (C=O) groups excluding carboxylic acids is 4. The Morgan fingerprint density at radius 2 is 1.44 bits per heavy atom. The van der Waals surface area contributed by atoms with Crippen molar-refractivity contribution >= 4 is 57.2 Å². The number of carboxylic acids is 2. The molecule has 252 valence electrons. The van der Waals surface area contributed by atoms with Gasteiger partial charge in [0.15, 0.2) is 0 Å². The van der Waals surface area contributed by atoms with Crippen molar-refractivity contribution in [2.75, 3.05) is 7.05 Å². The van der Waals surface area contributed by atoms with Crippen molar-refractivity contribution in [3.8, 4) is 0 Å². The SMILES string of the molecule is CN(C(=O)[C@@H](N)Cc1c[nH]c2ccccc12)[C@@H](CCC(=O)O)C(=O)N[C@@H](CC(=O)O)C(=O)N[C@@H](Cc1cccc2ccccc12)C(N)=O. The molecule has 4 atom stereocenters. The molecular weight excluding hydrogens is 620 g/mol. The number of aliphatic carboxylic acids is 2. The Labute approximate surface area is 275 Å². The lowest BCUT2D eigenvalue weighted by atomic mass is 9.98. The van der Waals surface area contributed by atoms with Gasteiger partial charge in [-0.25, -0.2) is 0 Å². The lowest BCUT2D eigenvalue weighted by Gasteiger charge is -2.30. The molecule has 0 aliphatic carbocycles. The first-order valence-electron chi connectivity index (χ1n) is 15.2. The highest BCUT2D eigenvalue weighted by atomic mass is 16.4. The van der Waals surface area contributed by atoms with Crippen molar-refractivity contribution in [3.63, 3.8) is 0 Å². The molecule has 3 aromatic carbocycles. The normalized spacial score (nSPS) is 13.6. The van der Waals surface area contributed by atoms with Crippen LogP contribution in [0.4, 0.5) is 0 Å². The van der Waals surface area contributed by atoms with E-state index in [0.717, 1.165) is 32.1 Å². The van der Waals surface area contributed by atoms with Gasteiger partial charge in [0.1, 0.15) is 18.1 Å². The Morgan fingerprint density at radius 1 is 0.792 bits per heavy atom. The van der Waals surface area contributed by atoms with Gasteiger partial charge in [0, 0.05) is 37.0 Å². The van der Waals surface area contributed by atoms with Crippen LogP contribution < -0.4 is 22.1 Å². The first kappa shape index (κ1) is 35.1. The van der Waals surface area contributed by atoms with Gasteiger partial charge in [0.2, 0.25) is 23.6 Å². The second kappa shape index (κ2) is 15.7. The second-order valence-electron chi connectivity index (χ2n) is 11.5. The maximum absolute atomic E-state index is 13.6. The maximum Gasteiger partial charge on any atom is 0.305 e. The standard InChI is InChI=1S/C34H38N6O8/c1-40(34(48)24(35)15-21-18-37-25-12-5-4-11-23(21)25)28(13-14-29(41)42)33(47)39-27(17-30(43)44)32(46)38-26(31(36)45)16-20-9-6-8-19-7-2-3-10-22(19)20/h2-12,18,24,26-28,37H,13-17,35H2,1H3,(H2,36,45)(H,38,46)(H,39,47)(H,41,42)(H,43,44)/t24-,26-,27-,28-/m0/s1. The van der Waals surface area contributed by atoms with E-state index < -0.39 is 72.6 Å². The molecule has 14 nitrogen and oxygen atoms in total. The topological polar surface area (TPSA) is 238 Å². The Balaban J connectivity index is 1.50. The Bertz CT molecular complexity index is 1830. The molecule has 4 amide bonds. The monoisotopic (exact) mass is 658 g/mol. The van der Waals surface area contributed by atoms with Crippen LogP contribution in [0.3, 0.4) is 0 Å². The summed E-state index contributed by atoms with van der Waals surface area (Å²) in [5, 5.41) is 26.2. The molecule has 4 rings (SSSR count). The lowest BCUT2D eigenvalue weighted by molar-refractivity contribution is -0.144. The molecule has 14 heteroatoms. The van der Waals surface area contributed by atoms with Gasteiger partial charge in [-0.05, 0) is 40.8 Å². The van der Waals surface area contributed by atoms with Crippen molar-refractivity contribution in [1.82, 2.24) is 20.5 Å². The number of aromatic nitrogens is 1. The number of amides is 4. The number of H-pyrrole nitrogens is 1. The molecule has 4 aromatic rings. The van der Waals surface area contributed by atoms with Crippen LogP contribution in [-0.2, 0) is 41.6 Å². The van der Waals surface area contributed by atoms with Gasteiger partial charge in [-0.1, -0.05) is 60.7 Å². The van der Waals surface area contributed by atoms with Gasteiger partial charge < -0.3 is 42.2 Å². The molecule has 0 radical (unpaired) electrons. The number of nitrogens with two attached hydrogens (primary N) is 2. The van der Waals surface area contributed by atoms with Crippen LogP contribution in [0.1, 0.15) is 30.4 Å². The maximum atomic E-state index is 13.6. The molecular formula is C34H38N6O8. The number of hydrogen-bond acceptors (Lipinski definition) is 7. The summed E-state index contributed by atoms with van der Waals surface area (Å²) in [4.78, 5) is 80.0. The minimum Gasteiger partial charge on any atom is -0.481 e. The minimum absolute atomic E-state index is 0.0110. The number of nitrogens with zero attached hydrogens (tertiary/aromatic N) is 1. The fourth-order valence-electron chi connectivity index (χ4n) is 5.64. The molecule has 0 fully saturated rings. The summed E-state index contributed by atoms with van der Waals surface area (Å²) in [6.45, 7) is 0. The highest BCUT2D eigenvalue weighted by molar-refractivity contribution is 5.97. The second-order valence-corrected chi connectivity index (χ2v) is 11.5. The van der Waals surface area contributed by atoms with Crippen LogP contribution in [0.2, 0.25) is 0 Å². The van der Waals surface area contributed by atoms with Gasteiger partial charge in [-0.15, -0.1) is 0 Å². The zero-order chi connectivity index (χ0) is 35.0. The highest BCUT2D eigenvalue weighted by Gasteiger charge is 2.34. The van der Waals surface area contributed by atoms with Crippen molar-refractivity contribution < 1.29 is 39.0 Å². The van der Waals surface area contributed by atoms with Gasteiger partial charge >= 0.3 is 11.9 Å². The molecule has 0 unspecified atom stereocenters. The predicted octanol–water partition coefficient (Wildman–Crippen LogP) is 1.06. The van der Waals surface area contributed by atoms with Crippen LogP contribution in [0.25, 0.3) is 21.7 Å². The number of fused-ring (bicyclic) bond motifs is 2. The highest BCUT2D eigenvalue weighted by Crippen LogP contribution is 2.21. The van der Waals surface area contributed by atoms with Crippen molar-refractivity contribution in [2.24, 2.45) is 11.5 Å². The van der Waals surface area contributed by atoms with Crippen LogP contribution in [0.5, 0.6) is 0 Å². The van der Waals surface area contributed by atoms with Crippen LogP contribution in [0.15, 0.2) is 72.9 Å². The number of benzene rings is 3. The number of carboxylic acid groups (broad SMARTS) is 2. The average Bonchev–Trinajstić information content (AvgIpc) is 3.45. The molecule has 1 heterocycles. The summed E-state index contributed by atoms with van der Waals surface area (Å²) >= 11 is 0. The number of nitrogens with one attached hydrogen (secondary N) is 3. The fraction of sp³-hybridized carbons (Fsp3) is 0.294. The number of aromatic amines is 1. The smallest absolute Gasteiger partial charge is 0.305 e. The molecule has 0 aliphatic heterocycles. The van der Waals surface area contributed by atoms with Crippen molar-refractivity contribution in [2.45, 2.75) is 56.3 Å². The Kier molecular flexibility index (Phi) is 11.5. The van der Waals surface area contributed by atoms with Crippen molar-refractivity contribution in [1.29, 1.82) is 0 Å². The number of rotatable bonds is 16. The van der Waals surface area contributed by atoms with Gasteiger partial charge in [-0.2, -0.15) is 0 Å². The average molecular weight is 659 g/mol. The third kappa shape index (κ3) is 8.73. The summed E-state index contributed by atoms with van der Waals surface area (Å²) in [5.74, 6) is -6.21. The Morgan fingerprint density at radius 3 is 2.12 bits per heavy atom. The van der Waals surface area contributed by atoms with Gasteiger partial charge in [-0.3, -0.25) is 28.8 Å². The van der Waals surface area contributed by atoms with E-state index in [1.54, 1.807) is 18.3 Å². The number of hydrogen-bond donors (Lipinski definition) is 7. The third-order valence-electron chi connectivity index (χ3n) is 8.16. The van der Waals surface area contributed by atoms with E-state index in [-0.39, 0.29) is 19.3 Å². The molecule has 0 spiro atoms. The summed E-state index contributed by atoms with van der Waals surface area (Å²) in [6.07, 6.45) is 0.0775. The minimum atomic E-state index is -1.69.